The van der Waals surface area contributed by atoms with Gasteiger partial charge in [0.15, 0.2) is 0 Å². The predicted molar refractivity (Wildman–Crippen MR) is 71.9 cm³/mol. The predicted octanol–water partition coefficient (Wildman–Crippen LogP) is 1.65. The largest absolute Gasteiger partial charge is 0.342 e. The van der Waals surface area contributed by atoms with E-state index in [1.807, 2.05) is 27.7 Å². The van der Waals surface area contributed by atoms with Crippen LogP contribution in [0.1, 0.15) is 41.5 Å². The Morgan fingerprint density at radius 3 is 2.00 bits per heavy atom. The second-order valence-corrected chi connectivity index (χ2v) is 6.30. The lowest BCUT2D eigenvalue weighted by atomic mass is 9.92. The van der Waals surface area contributed by atoms with E-state index in [2.05, 4.69) is 19.2 Å². The van der Waals surface area contributed by atoms with Crippen LogP contribution in [0.5, 0.6) is 0 Å². The number of hydrogen-bond donors (Lipinski definition) is 1. The van der Waals surface area contributed by atoms with Gasteiger partial charge in [-0.3, -0.25) is 9.59 Å². The lowest BCUT2D eigenvalue weighted by molar-refractivity contribution is -0.153. The first-order valence-electron chi connectivity index (χ1n) is 6.86. The molecular formula is C14H26N2O2. The van der Waals surface area contributed by atoms with Gasteiger partial charge in [-0.05, 0) is 17.8 Å². The molecule has 1 aliphatic rings. The van der Waals surface area contributed by atoms with Crippen molar-refractivity contribution in [2.24, 2.45) is 17.8 Å². The molecule has 1 rings (SSSR count). The Morgan fingerprint density at radius 2 is 1.61 bits per heavy atom. The number of carbonyl (C=O) groups excluding carboxylic acids is 2. The van der Waals surface area contributed by atoms with E-state index < -0.39 is 0 Å². The fourth-order valence-corrected chi connectivity index (χ4v) is 2.47. The Hall–Kier alpha value is -1.06. The maximum atomic E-state index is 12.5. The molecule has 2 atom stereocenters. The lowest BCUT2D eigenvalue weighted by Crippen LogP contribution is -2.66. The van der Waals surface area contributed by atoms with E-state index in [0.717, 1.165) is 0 Å². The van der Waals surface area contributed by atoms with Crippen LogP contribution in [0.15, 0.2) is 0 Å². The Morgan fingerprint density at radius 1 is 1.06 bits per heavy atom. The van der Waals surface area contributed by atoms with Gasteiger partial charge in [0.05, 0.1) is 0 Å². The van der Waals surface area contributed by atoms with Crippen LogP contribution in [0.3, 0.4) is 0 Å². The molecule has 0 spiro atoms. The third-order valence-electron chi connectivity index (χ3n) is 3.31. The number of amides is 2. The molecule has 0 aromatic carbocycles. The molecule has 4 heteroatoms. The molecule has 0 radical (unpaired) electrons. The summed E-state index contributed by atoms with van der Waals surface area (Å²) >= 11 is 0. The highest BCUT2D eigenvalue weighted by molar-refractivity contribution is 5.97. The highest BCUT2D eigenvalue weighted by Gasteiger charge is 2.42. The highest BCUT2D eigenvalue weighted by atomic mass is 16.2. The molecular weight excluding hydrogens is 228 g/mol. The zero-order valence-electron chi connectivity index (χ0n) is 12.4. The Bertz CT molecular complexity index is 324. The number of piperazine rings is 1. The molecule has 0 aromatic heterocycles. The van der Waals surface area contributed by atoms with Gasteiger partial charge in [0.25, 0.3) is 0 Å². The molecule has 1 fully saturated rings. The Labute approximate surface area is 110 Å². The summed E-state index contributed by atoms with van der Waals surface area (Å²) in [5.74, 6) is 0.694. The van der Waals surface area contributed by atoms with Crippen molar-refractivity contribution in [1.29, 1.82) is 0 Å². The van der Waals surface area contributed by atoms with Crippen molar-refractivity contribution in [3.63, 3.8) is 0 Å². The minimum atomic E-state index is -0.369. The minimum absolute atomic E-state index is 0.0102. The van der Waals surface area contributed by atoms with Crippen molar-refractivity contribution in [1.82, 2.24) is 10.2 Å². The van der Waals surface area contributed by atoms with Crippen molar-refractivity contribution in [2.45, 2.75) is 53.6 Å². The standard InChI is InChI=1S/C14H26N2O2/c1-8(2)7-16-12(10(5)6)13(17)15-11(9(3)4)14(16)18/h8-12H,7H2,1-6H3,(H,15,17). The van der Waals surface area contributed by atoms with Crippen LogP contribution in [0.25, 0.3) is 0 Å². The Balaban J connectivity index is 3.00. The van der Waals surface area contributed by atoms with Gasteiger partial charge < -0.3 is 10.2 Å². The van der Waals surface area contributed by atoms with Crippen molar-refractivity contribution >= 4 is 11.8 Å². The topological polar surface area (TPSA) is 49.4 Å². The zero-order chi connectivity index (χ0) is 14.0. The molecule has 1 heterocycles. The normalized spacial score (nSPS) is 25.3. The maximum Gasteiger partial charge on any atom is 0.246 e. The summed E-state index contributed by atoms with van der Waals surface area (Å²) in [6, 6.07) is -0.693. The number of nitrogens with zero attached hydrogens (tertiary/aromatic N) is 1. The summed E-state index contributed by atoms with van der Waals surface area (Å²) in [6.07, 6.45) is 0. The van der Waals surface area contributed by atoms with Gasteiger partial charge in [-0.25, -0.2) is 0 Å². The molecule has 1 aliphatic heterocycles. The fraction of sp³-hybridized carbons (Fsp3) is 0.857. The van der Waals surface area contributed by atoms with Crippen LogP contribution in [-0.2, 0) is 9.59 Å². The summed E-state index contributed by atoms with van der Waals surface area (Å²) in [5.41, 5.74) is 0. The lowest BCUT2D eigenvalue weighted by Gasteiger charge is -2.42. The van der Waals surface area contributed by atoms with E-state index in [1.54, 1.807) is 4.90 Å². The third-order valence-corrected chi connectivity index (χ3v) is 3.31. The van der Waals surface area contributed by atoms with E-state index in [4.69, 9.17) is 0 Å². The van der Waals surface area contributed by atoms with E-state index >= 15 is 0 Å². The van der Waals surface area contributed by atoms with Crippen LogP contribution in [0.2, 0.25) is 0 Å². The van der Waals surface area contributed by atoms with Crippen molar-refractivity contribution in [3.05, 3.63) is 0 Å². The number of hydrogen-bond acceptors (Lipinski definition) is 2. The molecule has 2 unspecified atom stereocenters. The fourth-order valence-electron chi connectivity index (χ4n) is 2.47. The molecule has 1 saturated heterocycles. The summed E-state index contributed by atoms with van der Waals surface area (Å²) in [7, 11) is 0. The average Bonchev–Trinajstić information content (AvgIpc) is 2.21. The first-order chi connectivity index (χ1) is 8.25. The SMILES string of the molecule is CC(C)CN1C(=O)C(C(C)C)NC(=O)C1C(C)C. The monoisotopic (exact) mass is 254 g/mol. The summed E-state index contributed by atoms with van der Waals surface area (Å²) in [4.78, 5) is 26.4. The summed E-state index contributed by atoms with van der Waals surface area (Å²) in [6.45, 7) is 12.7. The number of rotatable bonds is 4. The molecule has 0 bridgehead atoms. The van der Waals surface area contributed by atoms with Crippen LogP contribution < -0.4 is 5.32 Å². The third kappa shape index (κ3) is 3.03. The van der Waals surface area contributed by atoms with Gasteiger partial charge in [-0.1, -0.05) is 41.5 Å². The van der Waals surface area contributed by atoms with Crippen LogP contribution in [0.4, 0.5) is 0 Å². The van der Waals surface area contributed by atoms with Gasteiger partial charge in [0.2, 0.25) is 11.8 Å². The molecule has 104 valence electrons. The number of nitrogens with one attached hydrogen (secondary N) is 1. The van der Waals surface area contributed by atoms with E-state index in [1.165, 1.54) is 0 Å². The second-order valence-electron chi connectivity index (χ2n) is 6.30. The maximum absolute atomic E-state index is 12.5. The van der Waals surface area contributed by atoms with Crippen LogP contribution in [0, 0.1) is 17.8 Å². The second kappa shape index (κ2) is 5.72. The van der Waals surface area contributed by atoms with Crippen LogP contribution >= 0.6 is 0 Å². The molecule has 4 nitrogen and oxygen atoms in total. The van der Waals surface area contributed by atoms with Crippen LogP contribution in [-0.4, -0.2) is 35.3 Å². The molecule has 0 aliphatic carbocycles. The molecule has 0 aromatic rings. The quantitative estimate of drug-likeness (QED) is 0.829. The smallest absolute Gasteiger partial charge is 0.246 e. The first-order valence-corrected chi connectivity index (χ1v) is 6.86. The summed E-state index contributed by atoms with van der Waals surface area (Å²) < 4.78 is 0. The molecule has 2 amide bonds. The van der Waals surface area contributed by atoms with Gasteiger partial charge in [-0.15, -0.1) is 0 Å². The zero-order valence-corrected chi connectivity index (χ0v) is 12.4. The molecule has 0 saturated carbocycles. The van der Waals surface area contributed by atoms with Gasteiger partial charge >= 0.3 is 0 Å². The van der Waals surface area contributed by atoms with Gasteiger partial charge in [-0.2, -0.15) is 0 Å². The number of carbonyl (C=O) groups is 2. The molecule has 1 N–H and O–H groups in total. The Kier molecular flexibility index (Phi) is 4.77. The minimum Gasteiger partial charge on any atom is -0.342 e. The average molecular weight is 254 g/mol. The van der Waals surface area contributed by atoms with Gasteiger partial charge in [0, 0.05) is 6.54 Å². The molecule has 18 heavy (non-hydrogen) atoms. The summed E-state index contributed by atoms with van der Waals surface area (Å²) in [5, 5.41) is 2.87. The first kappa shape index (κ1) is 15.0. The van der Waals surface area contributed by atoms with Crippen molar-refractivity contribution in [3.8, 4) is 0 Å². The van der Waals surface area contributed by atoms with Gasteiger partial charge in [0.1, 0.15) is 12.1 Å². The van der Waals surface area contributed by atoms with E-state index in [-0.39, 0.29) is 35.7 Å². The van der Waals surface area contributed by atoms with E-state index in [9.17, 15) is 9.59 Å². The van der Waals surface area contributed by atoms with Crippen molar-refractivity contribution < 1.29 is 9.59 Å². The van der Waals surface area contributed by atoms with Crippen molar-refractivity contribution in [2.75, 3.05) is 6.54 Å². The highest BCUT2D eigenvalue weighted by Crippen LogP contribution is 2.21. The van der Waals surface area contributed by atoms with E-state index in [0.29, 0.717) is 12.5 Å².